The van der Waals surface area contributed by atoms with E-state index in [2.05, 4.69) is 33.1 Å². The maximum Gasteiger partial charge on any atom is 0.212 e. The van der Waals surface area contributed by atoms with Gasteiger partial charge in [0.05, 0.1) is 7.11 Å². The number of pyridine rings is 1. The van der Waals surface area contributed by atoms with Crippen molar-refractivity contribution in [3.05, 3.63) is 72.7 Å². The van der Waals surface area contributed by atoms with Gasteiger partial charge in [-0.3, -0.25) is 0 Å². The van der Waals surface area contributed by atoms with Crippen molar-refractivity contribution in [2.75, 3.05) is 12.4 Å². The second-order valence-corrected chi connectivity index (χ2v) is 4.70. The summed E-state index contributed by atoms with van der Waals surface area (Å²) in [6, 6.07) is 16.2. The van der Waals surface area contributed by atoms with Crippen molar-refractivity contribution in [3.63, 3.8) is 0 Å². The molecule has 0 spiro atoms. The van der Waals surface area contributed by atoms with E-state index in [0.717, 1.165) is 23.5 Å². The van der Waals surface area contributed by atoms with E-state index in [1.807, 2.05) is 48.9 Å². The van der Waals surface area contributed by atoms with Gasteiger partial charge in [-0.15, -0.1) is 0 Å². The Hall–Kier alpha value is -2.75. The molecule has 106 valence electrons. The van der Waals surface area contributed by atoms with Crippen molar-refractivity contribution in [2.45, 2.75) is 6.54 Å². The quantitative estimate of drug-likeness (QED) is 0.777. The minimum Gasteiger partial charge on any atom is -0.481 e. The third-order valence-electron chi connectivity index (χ3n) is 3.25. The van der Waals surface area contributed by atoms with Crippen LogP contribution in [0.2, 0.25) is 0 Å². The number of nitrogens with one attached hydrogen (secondary N) is 1. The van der Waals surface area contributed by atoms with E-state index in [1.54, 1.807) is 7.11 Å². The van der Waals surface area contributed by atoms with Crippen LogP contribution in [0.5, 0.6) is 5.88 Å². The molecule has 0 aliphatic heterocycles. The molecule has 0 saturated heterocycles. The molecule has 0 atom stereocenters. The van der Waals surface area contributed by atoms with Gasteiger partial charge >= 0.3 is 0 Å². The molecule has 21 heavy (non-hydrogen) atoms. The Labute approximate surface area is 124 Å². The first-order valence-electron chi connectivity index (χ1n) is 6.81. The fourth-order valence-electron chi connectivity index (χ4n) is 2.12. The van der Waals surface area contributed by atoms with Crippen LogP contribution >= 0.6 is 0 Å². The SMILES string of the molecule is COc1ccc(CNc2cccc(-n3cccc3)c2)cn1. The molecule has 4 nitrogen and oxygen atoms in total. The fraction of sp³-hybridized carbons (Fsp3) is 0.118. The summed E-state index contributed by atoms with van der Waals surface area (Å²) in [5.74, 6) is 0.633. The lowest BCUT2D eigenvalue weighted by molar-refractivity contribution is 0.397. The van der Waals surface area contributed by atoms with Crippen LogP contribution in [0, 0.1) is 0 Å². The number of benzene rings is 1. The number of methoxy groups -OCH3 is 1. The zero-order valence-electron chi connectivity index (χ0n) is 11.9. The van der Waals surface area contributed by atoms with Gasteiger partial charge in [0.1, 0.15) is 0 Å². The van der Waals surface area contributed by atoms with E-state index >= 15 is 0 Å². The van der Waals surface area contributed by atoms with Crippen molar-refractivity contribution in [1.82, 2.24) is 9.55 Å². The van der Waals surface area contributed by atoms with Crippen molar-refractivity contribution in [3.8, 4) is 11.6 Å². The Bertz CT molecular complexity index is 690. The van der Waals surface area contributed by atoms with Crippen LogP contribution in [-0.4, -0.2) is 16.7 Å². The molecule has 0 aliphatic carbocycles. The molecular weight excluding hydrogens is 262 g/mol. The summed E-state index contributed by atoms with van der Waals surface area (Å²) in [7, 11) is 1.62. The molecule has 0 saturated carbocycles. The van der Waals surface area contributed by atoms with Gasteiger partial charge in [-0.05, 0) is 35.9 Å². The third-order valence-corrected chi connectivity index (χ3v) is 3.25. The fourth-order valence-corrected chi connectivity index (χ4v) is 2.12. The van der Waals surface area contributed by atoms with Gasteiger partial charge in [-0.25, -0.2) is 4.98 Å². The van der Waals surface area contributed by atoms with E-state index in [0.29, 0.717) is 5.88 Å². The van der Waals surface area contributed by atoms with Crippen LogP contribution < -0.4 is 10.1 Å². The van der Waals surface area contributed by atoms with Gasteiger partial charge in [0.25, 0.3) is 0 Å². The molecule has 0 bridgehead atoms. The highest BCUT2D eigenvalue weighted by atomic mass is 16.5. The topological polar surface area (TPSA) is 39.1 Å². The molecule has 0 unspecified atom stereocenters. The van der Waals surface area contributed by atoms with Crippen LogP contribution in [0.4, 0.5) is 5.69 Å². The van der Waals surface area contributed by atoms with Crippen LogP contribution in [0.3, 0.4) is 0 Å². The molecule has 0 aliphatic rings. The van der Waals surface area contributed by atoms with Gasteiger partial charge in [0.15, 0.2) is 0 Å². The largest absolute Gasteiger partial charge is 0.481 e. The van der Waals surface area contributed by atoms with E-state index in [-0.39, 0.29) is 0 Å². The summed E-state index contributed by atoms with van der Waals surface area (Å²) in [4.78, 5) is 4.20. The molecule has 1 aromatic carbocycles. The monoisotopic (exact) mass is 279 g/mol. The average Bonchev–Trinajstić information content (AvgIpc) is 3.08. The van der Waals surface area contributed by atoms with Crippen molar-refractivity contribution >= 4 is 5.69 Å². The second-order valence-electron chi connectivity index (χ2n) is 4.70. The number of rotatable bonds is 5. The molecule has 1 N–H and O–H groups in total. The number of aromatic nitrogens is 2. The van der Waals surface area contributed by atoms with Gasteiger partial charge in [0, 0.05) is 42.6 Å². The highest BCUT2D eigenvalue weighted by molar-refractivity contribution is 5.51. The summed E-state index contributed by atoms with van der Waals surface area (Å²) in [6.07, 6.45) is 5.89. The van der Waals surface area contributed by atoms with Crippen molar-refractivity contribution in [1.29, 1.82) is 0 Å². The number of nitrogens with zero attached hydrogens (tertiary/aromatic N) is 2. The summed E-state index contributed by atoms with van der Waals surface area (Å²) >= 11 is 0. The molecule has 3 rings (SSSR count). The van der Waals surface area contributed by atoms with E-state index in [4.69, 9.17) is 4.74 Å². The molecule has 0 amide bonds. The zero-order chi connectivity index (χ0) is 14.5. The second kappa shape index (κ2) is 6.13. The van der Waals surface area contributed by atoms with Crippen LogP contribution in [0.1, 0.15) is 5.56 Å². The molecule has 4 heteroatoms. The van der Waals surface area contributed by atoms with E-state index < -0.39 is 0 Å². The maximum atomic E-state index is 5.05. The lowest BCUT2D eigenvalue weighted by Crippen LogP contribution is -2.01. The highest BCUT2D eigenvalue weighted by Gasteiger charge is 1.99. The van der Waals surface area contributed by atoms with Gasteiger partial charge in [-0.2, -0.15) is 0 Å². The maximum absolute atomic E-state index is 5.05. The highest BCUT2D eigenvalue weighted by Crippen LogP contribution is 2.16. The first-order valence-corrected chi connectivity index (χ1v) is 6.81. The third kappa shape index (κ3) is 3.23. The van der Waals surface area contributed by atoms with E-state index in [9.17, 15) is 0 Å². The minimum absolute atomic E-state index is 0.633. The number of hydrogen-bond donors (Lipinski definition) is 1. The Balaban J connectivity index is 1.68. The summed E-state index contributed by atoms with van der Waals surface area (Å²) in [5, 5.41) is 3.41. The number of hydrogen-bond acceptors (Lipinski definition) is 3. The lowest BCUT2D eigenvalue weighted by atomic mass is 10.2. The molecular formula is C17H17N3O. The number of anilines is 1. The average molecular weight is 279 g/mol. The summed E-state index contributed by atoms with van der Waals surface area (Å²) in [5.41, 5.74) is 3.33. The zero-order valence-corrected chi connectivity index (χ0v) is 11.9. The smallest absolute Gasteiger partial charge is 0.212 e. The Morgan fingerprint density at radius 2 is 1.95 bits per heavy atom. The predicted molar refractivity (Wildman–Crippen MR) is 83.9 cm³/mol. The normalized spacial score (nSPS) is 10.3. The standard InChI is InChI=1S/C17H17N3O/c1-21-17-8-7-14(13-19-17)12-18-15-5-4-6-16(11-15)20-9-2-3-10-20/h2-11,13,18H,12H2,1H3. The van der Waals surface area contributed by atoms with Crippen molar-refractivity contribution in [2.24, 2.45) is 0 Å². The molecule has 3 aromatic rings. The molecule has 2 aromatic heterocycles. The minimum atomic E-state index is 0.633. The Morgan fingerprint density at radius 1 is 1.10 bits per heavy atom. The first-order chi connectivity index (χ1) is 10.3. The van der Waals surface area contributed by atoms with Gasteiger partial charge < -0.3 is 14.6 Å². The summed E-state index contributed by atoms with van der Waals surface area (Å²) in [6.45, 7) is 0.728. The van der Waals surface area contributed by atoms with Gasteiger partial charge in [0.2, 0.25) is 5.88 Å². The van der Waals surface area contributed by atoms with Crippen LogP contribution in [0.15, 0.2) is 67.1 Å². The predicted octanol–water partition coefficient (Wildman–Crippen LogP) is 3.49. The Morgan fingerprint density at radius 3 is 2.67 bits per heavy atom. The van der Waals surface area contributed by atoms with Crippen LogP contribution in [0.25, 0.3) is 5.69 Å². The van der Waals surface area contributed by atoms with Crippen molar-refractivity contribution < 1.29 is 4.74 Å². The van der Waals surface area contributed by atoms with Gasteiger partial charge in [-0.1, -0.05) is 12.1 Å². The molecule has 2 heterocycles. The number of ether oxygens (including phenoxy) is 1. The van der Waals surface area contributed by atoms with E-state index in [1.165, 1.54) is 0 Å². The molecule has 0 fully saturated rings. The van der Waals surface area contributed by atoms with Crippen LogP contribution in [-0.2, 0) is 6.54 Å². The molecule has 0 radical (unpaired) electrons. The summed E-state index contributed by atoms with van der Waals surface area (Å²) < 4.78 is 7.14. The first kappa shape index (κ1) is 13.2. The Kier molecular flexibility index (Phi) is 3.87. The lowest BCUT2D eigenvalue weighted by Gasteiger charge is -2.09.